The number of alkyl halides is 3. The van der Waals surface area contributed by atoms with Crippen LogP contribution < -0.4 is 15.4 Å². The van der Waals surface area contributed by atoms with Gasteiger partial charge < -0.3 is 20.1 Å². The first kappa shape index (κ1) is 21.8. The Morgan fingerprint density at radius 2 is 2.03 bits per heavy atom. The van der Waals surface area contributed by atoms with Crippen molar-refractivity contribution in [3.63, 3.8) is 0 Å². The Kier molecular flexibility index (Phi) is 6.40. The zero-order valence-electron chi connectivity index (χ0n) is 15.8. The fraction of sp³-hybridized carbons (Fsp3) is 0.300. The van der Waals surface area contributed by atoms with Crippen LogP contribution in [0.25, 0.3) is 0 Å². The molecule has 2 N–H and O–H groups in total. The van der Waals surface area contributed by atoms with Gasteiger partial charge in [0.2, 0.25) is 0 Å². The van der Waals surface area contributed by atoms with E-state index >= 15 is 0 Å². The van der Waals surface area contributed by atoms with Gasteiger partial charge >= 0.3 is 18.2 Å². The molecule has 0 spiro atoms. The molecular weight excluding hydrogens is 425 g/mol. The highest BCUT2D eigenvalue weighted by Gasteiger charge is 2.33. The van der Waals surface area contributed by atoms with Gasteiger partial charge in [0, 0.05) is 6.54 Å². The van der Waals surface area contributed by atoms with Crippen LogP contribution in [-0.4, -0.2) is 25.2 Å². The molecule has 3 rings (SSSR count). The van der Waals surface area contributed by atoms with Gasteiger partial charge in [-0.25, -0.2) is 9.59 Å². The van der Waals surface area contributed by atoms with Crippen molar-refractivity contribution < 1.29 is 32.2 Å². The summed E-state index contributed by atoms with van der Waals surface area (Å²) >= 11 is 5.60. The van der Waals surface area contributed by atoms with Crippen LogP contribution >= 0.6 is 11.6 Å². The number of hydrogen-bond donors (Lipinski definition) is 2. The third kappa shape index (κ3) is 4.96. The second kappa shape index (κ2) is 8.83. The van der Waals surface area contributed by atoms with Crippen molar-refractivity contribution in [2.75, 3.05) is 12.4 Å². The molecule has 2 aromatic rings. The van der Waals surface area contributed by atoms with E-state index in [1.54, 1.807) is 12.1 Å². The zero-order chi connectivity index (χ0) is 21.9. The minimum atomic E-state index is -4.59. The molecule has 1 aliphatic rings. The van der Waals surface area contributed by atoms with Crippen molar-refractivity contribution in [1.29, 1.82) is 0 Å². The van der Waals surface area contributed by atoms with Gasteiger partial charge in [0.15, 0.2) is 6.10 Å². The minimum absolute atomic E-state index is 0.146. The number of halogens is 4. The number of rotatable bonds is 4. The number of nitrogens with one attached hydrogen (secondary N) is 2. The first-order valence-corrected chi connectivity index (χ1v) is 9.33. The van der Waals surface area contributed by atoms with E-state index in [2.05, 4.69) is 10.6 Å². The summed E-state index contributed by atoms with van der Waals surface area (Å²) in [6.07, 6.45) is -4.35. The lowest BCUT2D eigenvalue weighted by molar-refractivity contribution is -0.149. The third-order valence-electron chi connectivity index (χ3n) is 4.53. The number of esters is 1. The molecule has 30 heavy (non-hydrogen) atoms. The molecule has 0 aliphatic carbocycles. The molecule has 0 aromatic heterocycles. The molecular formula is C20H18ClF3N2O4. The van der Waals surface area contributed by atoms with Gasteiger partial charge in [-0.3, -0.25) is 0 Å². The SMILES string of the molecule is COC(=O)C1CCc2cccc(NC(=O)NCc3ccc(Cl)c(C(F)(F)F)c3)c2O1. The molecule has 0 saturated heterocycles. The number of ether oxygens (including phenoxy) is 2. The lowest BCUT2D eigenvalue weighted by atomic mass is 10.0. The number of aryl methyl sites for hydroxylation is 1. The smallest absolute Gasteiger partial charge is 0.417 e. The van der Waals surface area contributed by atoms with Gasteiger partial charge in [0.05, 0.1) is 23.4 Å². The molecule has 10 heteroatoms. The van der Waals surface area contributed by atoms with Crippen LogP contribution in [0.3, 0.4) is 0 Å². The summed E-state index contributed by atoms with van der Waals surface area (Å²) in [6.45, 7) is -0.146. The molecule has 0 fully saturated rings. The normalized spacial score (nSPS) is 15.6. The quantitative estimate of drug-likeness (QED) is 0.681. The lowest BCUT2D eigenvalue weighted by Gasteiger charge is -2.26. The molecule has 2 amide bonds. The number of carbonyl (C=O) groups is 2. The monoisotopic (exact) mass is 442 g/mol. The number of methoxy groups -OCH3 is 1. The van der Waals surface area contributed by atoms with Gasteiger partial charge in [-0.1, -0.05) is 29.8 Å². The molecule has 2 aromatic carbocycles. The molecule has 0 radical (unpaired) electrons. The van der Waals surface area contributed by atoms with E-state index in [0.717, 1.165) is 17.7 Å². The van der Waals surface area contributed by atoms with Crippen LogP contribution in [0.1, 0.15) is 23.1 Å². The number of anilines is 1. The number of amides is 2. The average molecular weight is 443 g/mol. The van der Waals surface area contributed by atoms with E-state index in [1.807, 2.05) is 6.07 Å². The number of benzene rings is 2. The highest BCUT2D eigenvalue weighted by molar-refractivity contribution is 6.31. The lowest BCUT2D eigenvalue weighted by Crippen LogP contribution is -2.33. The van der Waals surface area contributed by atoms with E-state index in [9.17, 15) is 22.8 Å². The van der Waals surface area contributed by atoms with E-state index < -0.39 is 34.9 Å². The van der Waals surface area contributed by atoms with Gasteiger partial charge in [0.1, 0.15) is 5.75 Å². The summed E-state index contributed by atoms with van der Waals surface area (Å²) in [5.41, 5.74) is 0.424. The summed E-state index contributed by atoms with van der Waals surface area (Å²) in [5, 5.41) is 4.68. The third-order valence-corrected chi connectivity index (χ3v) is 4.86. The number of fused-ring (bicyclic) bond motifs is 1. The van der Waals surface area contributed by atoms with Gasteiger partial charge in [-0.2, -0.15) is 13.2 Å². The highest BCUT2D eigenvalue weighted by Crippen LogP contribution is 2.36. The molecule has 0 bridgehead atoms. The van der Waals surface area contributed by atoms with Crippen LogP contribution in [0.15, 0.2) is 36.4 Å². The zero-order valence-corrected chi connectivity index (χ0v) is 16.6. The maximum atomic E-state index is 13.0. The Bertz CT molecular complexity index is 966. The Morgan fingerprint density at radius 3 is 2.73 bits per heavy atom. The standard InChI is InChI=1S/C20H18ClF3N2O4/c1-29-18(27)16-8-6-12-3-2-4-15(17(12)30-16)26-19(28)25-10-11-5-7-14(21)13(9-11)20(22,23)24/h2-5,7,9,16H,6,8,10H2,1H3,(H2,25,26,28). The second-order valence-corrected chi connectivity index (χ2v) is 6.99. The molecule has 160 valence electrons. The van der Waals surface area contributed by atoms with Crippen molar-refractivity contribution in [3.05, 3.63) is 58.1 Å². The summed E-state index contributed by atoms with van der Waals surface area (Å²) in [7, 11) is 1.26. The van der Waals surface area contributed by atoms with E-state index in [0.29, 0.717) is 24.3 Å². The first-order chi connectivity index (χ1) is 14.2. The molecule has 1 aliphatic heterocycles. The maximum Gasteiger partial charge on any atom is 0.417 e. The van der Waals surface area contributed by atoms with E-state index in [4.69, 9.17) is 21.1 Å². The number of para-hydroxylation sites is 1. The molecule has 0 saturated carbocycles. The van der Waals surface area contributed by atoms with Crippen LogP contribution in [0.5, 0.6) is 5.75 Å². The molecule has 1 unspecified atom stereocenters. The summed E-state index contributed by atoms with van der Waals surface area (Å²) in [4.78, 5) is 24.0. The van der Waals surface area contributed by atoms with Crippen LogP contribution in [-0.2, 0) is 28.7 Å². The summed E-state index contributed by atoms with van der Waals surface area (Å²) in [5.74, 6) is -0.150. The number of urea groups is 1. The van der Waals surface area contributed by atoms with Crippen molar-refractivity contribution in [3.8, 4) is 5.75 Å². The Balaban J connectivity index is 1.68. The van der Waals surface area contributed by atoms with Gasteiger partial charge in [-0.05, 0) is 42.2 Å². The van der Waals surface area contributed by atoms with Crippen molar-refractivity contribution >= 4 is 29.3 Å². The maximum absolute atomic E-state index is 13.0. The van der Waals surface area contributed by atoms with Crippen LogP contribution in [0.4, 0.5) is 23.7 Å². The largest absolute Gasteiger partial charge is 0.476 e. The molecule has 1 atom stereocenters. The topological polar surface area (TPSA) is 76.7 Å². The Morgan fingerprint density at radius 1 is 1.27 bits per heavy atom. The number of carbonyl (C=O) groups excluding carboxylic acids is 2. The van der Waals surface area contributed by atoms with Crippen molar-refractivity contribution in [2.24, 2.45) is 0 Å². The second-order valence-electron chi connectivity index (χ2n) is 6.58. The fourth-order valence-electron chi connectivity index (χ4n) is 3.05. The van der Waals surface area contributed by atoms with Crippen molar-refractivity contribution in [2.45, 2.75) is 31.7 Å². The molecule has 6 nitrogen and oxygen atoms in total. The van der Waals surface area contributed by atoms with E-state index in [1.165, 1.54) is 13.2 Å². The van der Waals surface area contributed by atoms with E-state index in [-0.39, 0.29) is 12.1 Å². The average Bonchev–Trinajstić information content (AvgIpc) is 2.71. The van der Waals surface area contributed by atoms with Gasteiger partial charge in [-0.15, -0.1) is 0 Å². The molecule has 1 heterocycles. The fourth-order valence-corrected chi connectivity index (χ4v) is 3.28. The summed E-state index contributed by atoms with van der Waals surface area (Å²) < 4.78 is 49.3. The Hall–Kier alpha value is -2.94. The minimum Gasteiger partial charge on any atom is -0.476 e. The summed E-state index contributed by atoms with van der Waals surface area (Å²) in [6, 6.07) is 7.92. The Labute approximate surface area is 175 Å². The van der Waals surface area contributed by atoms with Crippen LogP contribution in [0, 0.1) is 0 Å². The first-order valence-electron chi connectivity index (χ1n) is 8.96. The number of hydrogen-bond acceptors (Lipinski definition) is 4. The van der Waals surface area contributed by atoms with Gasteiger partial charge in [0.25, 0.3) is 0 Å². The van der Waals surface area contributed by atoms with Crippen LogP contribution in [0.2, 0.25) is 5.02 Å². The predicted octanol–water partition coefficient (Wildman–Crippen LogP) is 4.55. The highest BCUT2D eigenvalue weighted by atomic mass is 35.5. The predicted molar refractivity (Wildman–Crippen MR) is 104 cm³/mol. The van der Waals surface area contributed by atoms with Crippen molar-refractivity contribution in [1.82, 2.24) is 5.32 Å².